The van der Waals surface area contributed by atoms with Crippen molar-refractivity contribution in [3.05, 3.63) is 111 Å². The summed E-state index contributed by atoms with van der Waals surface area (Å²) < 4.78 is 25.4. The van der Waals surface area contributed by atoms with E-state index in [1.165, 1.54) is 51.9 Å². The standard InChI is InChI=1S/C11H14O4.C11H14O.C10H12O3.C10H12O/c1-7(12)8-5-9(13-2)11(15-4)10(6-8)14-3;1-7-5-11(10(4)12)6-8(2)9(7)3;1-7(11)8-4-9(12-2)6-10(5-8)13-3;1-7-4-8(2)6-10(5-7)9(3)11/h5-6H,1-4H3;5-6H,1-4H3;4-6H,1-3H3;4-6H,1-3H3. The van der Waals surface area contributed by atoms with Gasteiger partial charge in [-0.15, -0.1) is 0 Å². The summed E-state index contributed by atoms with van der Waals surface area (Å²) in [4.78, 5) is 44.3. The highest BCUT2D eigenvalue weighted by molar-refractivity contribution is 5.96. The maximum atomic E-state index is 11.2. The molecule has 0 N–H and O–H groups in total. The van der Waals surface area contributed by atoms with E-state index >= 15 is 0 Å². The predicted molar refractivity (Wildman–Crippen MR) is 202 cm³/mol. The molecule has 0 amide bonds. The van der Waals surface area contributed by atoms with Gasteiger partial charge in [-0.2, -0.15) is 0 Å². The highest BCUT2D eigenvalue weighted by atomic mass is 16.5. The predicted octanol–water partition coefficient (Wildman–Crippen LogP) is 9.14. The highest BCUT2D eigenvalue weighted by Crippen LogP contribution is 2.38. The van der Waals surface area contributed by atoms with E-state index in [9.17, 15) is 19.2 Å². The summed E-state index contributed by atoms with van der Waals surface area (Å²) in [6, 6.07) is 18.1. The van der Waals surface area contributed by atoms with E-state index in [1.807, 2.05) is 52.0 Å². The van der Waals surface area contributed by atoms with Crippen molar-refractivity contribution in [2.24, 2.45) is 0 Å². The average Bonchev–Trinajstić information content (AvgIpc) is 3.09. The van der Waals surface area contributed by atoms with Gasteiger partial charge in [-0.25, -0.2) is 0 Å². The maximum Gasteiger partial charge on any atom is 0.203 e. The molecule has 0 heterocycles. The van der Waals surface area contributed by atoms with Gasteiger partial charge in [0.2, 0.25) is 5.75 Å². The first kappa shape index (κ1) is 43.6. The Hall–Kier alpha value is -5.44. The Labute approximate surface area is 302 Å². The Morgan fingerprint density at radius 3 is 1.04 bits per heavy atom. The summed E-state index contributed by atoms with van der Waals surface area (Å²) in [5, 5.41) is 0. The molecule has 4 aromatic carbocycles. The molecule has 51 heavy (non-hydrogen) atoms. The maximum absolute atomic E-state index is 11.2. The molecule has 4 rings (SSSR count). The number of ether oxygens (including phenoxy) is 5. The van der Waals surface area contributed by atoms with Gasteiger partial charge in [0.25, 0.3) is 0 Å². The molecule has 0 radical (unpaired) electrons. The number of rotatable bonds is 9. The molecule has 0 fully saturated rings. The topological polar surface area (TPSA) is 114 Å². The fourth-order valence-corrected chi connectivity index (χ4v) is 4.71. The Morgan fingerprint density at radius 2 is 0.725 bits per heavy atom. The lowest BCUT2D eigenvalue weighted by Crippen LogP contribution is -1.99. The van der Waals surface area contributed by atoms with Gasteiger partial charge in [0.05, 0.1) is 35.5 Å². The van der Waals surface area contributed by atoms with Crippen molar-refractivity contribution < 1.29 is 42.9 Å². The van der Waals surface area contributed by atoms with Crippen molar-refractivity contribution >= 4 is 23.1 Å². The smallest absolute Gasteiger partial charge is 0.203 e. The lowest BCUT2D eigenvalue weighted by Gasteiger charge is -2.12. The molecular formula is C42H52O9. The molecule has 9 heteroatoms. The second-order valence-electron chi connectivity index (χ2n) is 11.9. The third kappa shape index (κ3) is 13.8. The summed E-state index contributed by atoms with van der Waals surface area (Å²) in [7, 11) is 7.66. The number of hydrogen-bond acceptors (Lipinski definition) is 9. The van der Waals surface area contributed by atoms with Crippen LogP contribution < -0.4 is 23.7 Å². The second-order valence-corrected chi connectivity index (χ2v) is 11.9. The first-order valence-corrected chi connectivity index (χ1v) is 16.2. The van der Waals surface area contributed by atoms with Crippen molar-refractivity contribution in [1.82, 2.24) is 0 Å². The fourth-order valence-electron chi connectivity index (χ4n) is 4.71. The SMILES string of the molecule is CC(=O)c1cc(C)c(C)c(C)c1.CC(=O)c1cc(C)cc(C)c1.COc1cc(C(C)=O)cc(OC)c1OC.COc1cc(OC)cc(C(C)=O)c1. The van der Waals surface area contributed by atoms with Gasteiger partial charge in [-0.05, 0) is 128 Å². The number of ketones is 4. The molecule has 0 spiro atoms. The van der Waals surface area contributed by atoms with E-state index in [1.54, 1.807) is 58.4 Å². The molecular weight excluding hydrogens is 648 g/mol. The van der Waals surface area contributed by atoms with Gasteiger partial charge in [0.15, 0.2) is 34.6 Å². The van der Waals surface area contributed by atoms with Crippen LogP contribution in [0.4, 0.5) is 0 Å². The number of benzene rings is 4. The molecule has 0 aliphatic heterocycles. The number of carbonyl (C=O) groups is 4. The molecule has 0 saturated heterocycles. The van der Waals surface area contributed by atoms with Crippen molar-refractivity contribution in [3.8, 4) is 28.7 Å². The highest BCUT2D eigenvalue weighted by Gasteiger charge is 2.14. The molecule has 0 aromatic heterocycles. The van der Waals surface area contributed by atoms with E-state index in [0.717, 1.165) is 22.3 Å². The van der Waals surface area contributed by atoms with E-state index in [-0.39, 0.29) is 23.1 Å². The number of hydrogen-bond donors (Lipinski definition) is 0. The third-order valence-corrected chi connectivity index (χ3v) is 7.79. The first-order valence-electron chi connectivity index (χ1n) is 16.2. The van der Waals surface area contributed by atoms with Crippen molar-refractivity contribution in [3.63, 3.8) is 0 Å². The minimum Gasteiger partial charge on any atom is -0.497 e. The molecule has 0 unspecified atom stereocenters. The van der Waals surface area contributed by atoms with Crippen LogP contribution in [0.2, 0.25) is 0 Å². The zero-order valence-electron chi connectivity index (χ0n) is 32.4. The van der Waals surface area contributed by atoms with E-state index in [4.69, 9.17) is 23.7 Å². The van der Waals surface area contributed by atoms with Crippen LogP contribution in [0, 0.1) is 34.6 Å². The third-order valence-electron chi connectivity index (χ3n) is 7.79. The fraction of sp³-hybridized carbons (Fsp3) is 0.333. The van der Waals surface area contributed by atoms with E-state index in [0.29, 0.717) is 39.9 Å². The van der Waals surface area contributed by atoms with Crippen LogP contribution in [0.1, 0.15) is 96.9 Å². The Morgan fingerprint density at radius 1 is 0.392 bits per heavy atom. The van der Waals surface area contributed by atoms with Crippen LogP contribution >= 0.6 is 0 Å². The van der Waals surface area contributed by atoms with Crippen molar-refractivity contribution in [2.45, 2.75) is 62.3 Å². The lowest BCUT2D eigenvalue weighted by molar-refractivity contribution is 0.100. The molecule has 0 bridgehead atoms. The number of carbonyl (C=O) groups excluding carboxylic acids is 4. The Bertz CT molecular complexity index is 1750. The van der Waals surface area contributed by atoms with E-state index < -0.39 is 0 Å². The van der Waals surface area contributed by atoms with Crippen LogP contribution in [-0.2, 0) is 0 Å². The van der Waals surface area contributed by atoms with Crippen LogP contribution in [0.15, 0.2) is 60.7 Å². The van der Waals surface area contributed by atoms with Gasteiger partial charge < -0.3 is 23.7 Å². The normalized spacial score (nSPS) is 9.69. The molecule has 0 atom stereocenters. The molecule has 0 aliphatic rings. The van der Waals surface area contributed by atoms with Crippen molar-refractivity contribution in [1.29, 1.82) is 0 Å². The molecule has 4 aromatic rings. The van der Waals surface area contributed by atoms with Gasteiger partial charge >= 0.3 is 0 Å². The van der Waals surface area contributed by atoms with Gasteiger partial charge in [0.1, 0.15) is 11.5 Å². The largest absolute Gasteiger partial charge is 0.497 e. The Kier molecular flexibility index (Phi) is 17.9. The average molecular weight is 701 g/mol. The van der Waals surface area contributed by atoms with Gasteiger partial charge in [0, 0.05) is 28.3 Å². The van der Waals surface area contributed by atoms with Crippen molar-refractivity contribution in [2.75, 3.05) is 35.5 Å². The molecule has 274 valence electrons. The molecule has 0 aliphatic carbocycles. The van der Waals surface area contributed by atoms with Gasteiger partial charge in [-0.1, -0.05) is 17.2 Å². The summed E-state index contributed by atoms with van der Waals surface area (Å²) in [5.41, 5.74) is 8.71. The molecule has 9 nitrogen and oxygen atoms in total. The van der Waals surface area contributed by atoms with Crippen LogP contribution in [0.3, 0.4) is 0 Å². The summed E-state index contributed by atoms with van der Waals surface area (Å²) in [5.74, 6) is 2.95. The zero-order valence-corrected chi connectivity index (χ0v) is 32.4. The lowest BCUT2D eigenvalue weighted by atomic mass is 9.99. The first-order chi connectivity index (χ1) is 23.9. The second kappa shape index (κ2) is 20.9. The van der Waals surface area contributed by atoms with E-state index in [2.05, 4.69) is 13.0 Å². The van der Waals surface area contributed by atoms with Crippen LogP contribution in [-0.4, -0.2) is 58.7 Å². The van der Waals surface area contributed by atoms with Gasteiger partial charge in [-0.3, -0.25) is 19.2 Å². The summed E-state index contributed by atoms with van der Waals surface area (Å²) in [6.07, 6.45) is 0. The monoisotopic (exact) mass is 700 g/mol. The summed E-state index contributed by atoms with van der Waals surface area (Å²) >= 11 is 0. The quantitative estimate of drug-likeness (QED) is 0.158. The Balaban J connectivity index is 0.000000342. The minimum absolute atomic E-state index is 0.00259. The van der Waals surface area contributed by atoms with Crippen LogP contribution in [0.25, 0.3) is 0 Å². The van der Waals surface area contributed by atoms with Crippen LogP contribution in [0.5, 0.6) is 28.7 Å². The molecule has 0 saturated carbocycles. The number of aryl methyl sites for hydroxylation is 4. The number of methoxy groups -OCH3 is 5. The minimum atomic E-state index is -0.0470. The zero-order chi connectivity index (χ0) is 39.0. The number of Topliss-reactive ketones (excluding diaryl/α,β-unsaturated/α-hetero) is 4. The summed E-state index contributed by atoms with van der Waals surface area (Å²) in [6.45, 7) is 16.3.